The fourth-order valence-electron chi connectivity index (χ4n) is 2.28. The van der Waals surface area contributed by atoms with E-state index in [1.165, 1.54) is 12.1 Å². The van der Waals surface area contributed by atoms with Crippen LogP contribution < -0.4 is 0 Å². The second-order valence-electron chi connectivity index (χ2n) is 4.58. The minimum absolute atomic E-state index is 0.231. The lowest BCUT2D eigenvalue weighted by atomic mass is 10.0. The van der Waals surface area contributed by atoms with Gasteiger partial charge in [-0.2, -0.15) is 0 Å². The monoisotopic (exact) mass is 270 g/mol. The highest BCUT2D eigenvalue weighted by atomic mass is 19.1. The Kier molecular flexibility index (Phi) is 2.79. The van der Waals surface area contributed by atoms with Crippen molar-refractivity contribution in [2.24, 2.45) is 0 Å². The van der Waals surface area contributed by atoms with Gasteiger partial charge in [0.25, 0.3) is 0 Å². The number of furan rings is 1. The number of hydrogen-bond donors (Lipinski definition) is 1. The maximum Gasteiger partial charge on any atom is 0.335 e. The normalized spacial score (nSPS) is 10.9. The molecule has 0 saturated heterocycles. The Morgan fingerprint density at radius 3 is 2.75 bits per heavy atom. The molecule has 0 atom stereocenters. The van der Waals surface area contributed by atoms with E-state index in [4.69, 9.17) is 9.52 Å². The van der Waals surface area contributed by atoms with Gasteiger partial charge in [0.2, 0.25) is 0 Å². The highest BCUT2D eigenvalue weighted by Gasteiger charge is 2.14. The zero-order chi connectivity index (χ0) is 14.3. The Labute approximate surface area is 114 Å². The predicted octanol–water partition coefficient (Wildman–Crippen LogP) is 4.25. The molecule has 3 aromatic rings. The van der Waals surface area contributed by atoms with Gasteiger partial charge in [0, 0.05) is 10.9 Å². The molecule has 0 bridgehead atoms. The zero-order valence-electron chi connectivity index (χ0n) is 10.7. The molecule has 100 valence electrons. The van der Waals surface area contributed by atoms with Crippen molar-refractivity contribution in [3.63, 3.8) is 0 Å². The topological polar surface area (TPSA) is 50.4 Å². The van der Waals surface area contributed by atoms with Crippen LogP contribution in [0.15, 0.2) is 46.9 Å². The molecule has 1 heterocycles. The SMILES string of the molecule is Cc1c(C(=O)O)cccc1-c1cc2cc(F)ccc2o1. The van der Waals surface area contributed by atoms with E-state index in [1.807, 2.05) is 0 Å². The van der Waals surface area contributed by atoms with E-state index in [9.17, 15) is 9.18 Å². The number of carboxylic acids is 1. The summed E-state index contributed by atoms with van der Waals surface area (Å²) >= 11 is 0. The minimum atomic E-state index is -0.980. The second-order valence-corrected chi connectivity index (χ2v) is 4.58. The van der Waals surface area contributed by atoms with Gasteiger partial charge in [-0.25, -0.2) is 9.18 Å². The summed E-state index contributed by atoms with van der Waals surface area (Å²) in [5, 5.41) is 9.79. The van der Waals surface area contributed by atoms with E-state index in [-0.39, 0.29) is 11.4 Å². The van der Waals surface area contributed by atoms with Crippen LogP contribution in [0.1, 0.15) is 15.9 Å². The molecule has 2 aromatic carbocycles. The standard InChI is InChI=1S/C16H11FO3/c1-9-12(3-2-4-13(9)16(18)19)15-8-10-7-11(17)5-6-14(10)20-15/h2-8H,1H3,(H,18,19). The van der Waals surface area contributed by atoms with Gasteiger partial charge in [-0.15, -0.1) is 0 Å². The lowest BCUT2D eigenvalue weighted by molar-refractivity contribution is 0.0696. The summed E-state index contributed by atoms with van der Waals surface area (Å²) in [7, 11) is 0. The summed E-state index contributed by atoms with van der Waals surface area (Å²) in [5.41, 5.74) is 2.12. The predicted molar refractivity (Wildman–Crippen MR) is 73.3 cm³/mol. The third kappa shape index (κ3) is 1.95. The van der Waals surface area contributed by atoms with Crippen molar-refractivity contribution < 1.29 is 18.7 Å². The van der Waals surface area contributed by atoms with Crippen LogP contribution in [0.3, 0.4) is 0 Å². The lowest BCUT2D eigenvalue weighted by Gasteiger charge is -2.05. The first-order valence-corrected chi connectivity index (χ1v) is 6.08. The fraction of sp³-hybridized carbons (Fsp3) is 0.0625. The number of benzene rings is 2. The molecule has 20 heavy (non-hydrogen) atoms. The smallest absolute Gasteiger partial charge is 0.335 e. The molecule has 4 heteroatoms. The van der Waals surface area contributed by atoms with E-state index in [0.29, 0.717) is 27.9 Å². The molecular weight excluding hydrogens is 259 g/mol. The van der Waals surface area contributed by atoms with Crippen LogP contribution in [-0.2, 0) is 0 Å². The van der Waals surface area contributed by atoms with Crippen LogP contribution in [-0.4, -0.2) is 11.1 Å². The number of aromatic carboxylic acids is 1. The number of carboxylic acid groups (broad SMARTS) is 1. The van der Waals surface area contributed by atoms with Gasteiger partial charge in [0.15, 0.2) is 0 Å². The summed E-state index contributed by atoms with van der Waals surface area (Å²) in [5.74, 6) is -0.779. The lowest BCUT2D eigenvalue weighted by Crippen LogP contribution is -2.00. The summed E-state index contributed by atoms with van der Waals surface area (Å²) in [6, 6.07) is 11.0. The maximum atomic E-state index is 13.2. The summed E-state index contributed by atoms with van der Waals surface area (Å²) in [4.78, 5) is 11.1. The van der Waals surface area contributed by atoms with Gasteiger partial charge in [0.1, 0.15) is 17.2 Å². The van der Waals surface area contributed by atoms with E-state index in [0.717, 1.165) is 0 Å². The summed E-state index contributed by atoms with van der Waals surface area (Å²) in [6.07, 6.45) is 0. The number of rotatable bonds is 2. The summed E-state index contributed by atoms with van der Waals surface area (Å²) < 4.78 is 18.8. The number of carbonyl (C=O) groups is 1. The average molecular weight is 270 g/mol. The van der Waals surface area contributed by atoms with Gasteiger partial charge >= 0.3 is 5.97 Å². The molecule has 0 aliphatic carbocycles. The third-order valence-electron chi connectivity index (χ3n) is 3.31. The van der Waals surface area contributed by atoms with E-state index in [1.54, 1.807) is 37.3 Å². The van der Waals surface area contributed by atoms with Crippen LogP contribution in [0.25, 0.3) is 22.3 Å². The molecule has 0 fully saturated rings. The average Bonchev–Trinajstić information content (AvgIpc) is 2.81. The number of hydrogen-bond acceptors (Lipinski definition) is 2. The van der Waals surface area contributed by atoms with E-state index in [2.05, 4.69) is 0 Å². The first kappa shape index (κ1) is 12.4. The molecule has 0 amide bonds. The van der Waals surface area contributed by atoms with Crippen molar-refractivity contribution in [3.8, 4) is 11.3 Å². The maximum absolute atomic E-state index is 13.2. The molecule has 3 nitrogen and oxygen atoms in total. The fourth-order valence-corrected chi connectivity index (χ4v) is 2.28. The Bertz CT molecular complexity index is 818. The third-order valence-corrected chi connectivity index (χ3v) is 3.31. The van der Waals surface area contributed by atoms with Crippen molar-refractivity contribution in [3.05, 3.63) is 59.4 Å². The molecule has 3 rings (SSSR count). The van der Waals surface area contributed by atoms with Crippen LogP contribution in [0.4, 0.5) is 4.39 Å². The van der Waals surface area contributed by atoms with Gasteiger partial charge in [-0.3, -0.25) is 0 Å². The largest absolute Gasteiger partial charge is 0.478 e. The molecule has 0 aliphatic heterocycles. The highest BCUT2D eigenvalue weighted by molar-refractivity contribution is 5.92. The van der Waals surface area contributed by atoms with Crippen molar-refractivity contribution in [2.75, 3.05) is 0 Å². The van der Waals surface area contributed by atoms with Crippen molar-refractivity contribution in [1.29, 1.82) is 0 Å². The molecule has 0 unspecified atom stereocenters. The molecule has 0 spiro atoms. The first-order chi connectivity index (χ1) is 9.56. The Hall–Kier alpha value is -2.62. The Morgan fingerprint density at radius 2 is 2.00 bits per heavy atom. The summed E-state index contributed by atoms with van der Waals surface area (Å²) in [6.45, 7) is 1.73. The van der Waals surface area contributed by atoms with E-state index >= 15 is 0 Å². The number of fused-ring (bicyclic) bond motifs is 1. The molecule has 1 N–H and O–H groups in total. The van der Waals surface area contributed by atoms with Crippen LogP contribution >= 0.6 is 0 Å². The molecule has 1 aromatic heterocycles. The van der Waals surface area contributed by atoms with E-state index < -0.39 is 5.97 Å². The second kappa shape index (κ2) is 4.49. The molecule has 0 aliphatic rings. The quantitative estimate of drug-likeness (QED) is 0.757. The van der Waals surface area contributed by atoms with Crippen molar-refractivity contribution >= 4 is 16.9 Å². The van der Waals surface area contributed by atoms with Crippen LogP contribution in [0.2, 0.25) is 0 Å². The number of halogens is 1. The van der Waals surface area contributed by atoms with Crippen LogP contribution in [0.5, 0.6) is 0 Å². The van der Waals surface area contributed by atoms with Crippen molar-refractivity contribution in [2.45, 2.75) is 6.92 Å². The zero-order valence-corrected chi connectivity index (χ0v) is 10.7. The van der Waals surface area contributed by atoms with Crippen molar-refractivity contribution in [1.82, 2.24) is 0 Å². The van der Waals surface area contributed by atoms with Gasteiger partial charge in [-0.05, 0) is 42.8 Å². The Morgan fingerprint density at radius 1 is 1.20 bits per heavy atom. The van der Waals surface area contributed by atoms with Crippen LogP contribution in [0, 0.1) is 12.7 Å². The Balaban J connectivity index is 2.20. The van der Waals surface area contributed by atoms with Gasteiger partial charge < -0.3 is 9.52 Å². The molecule has 0 saturated carbocycles. The first-order valence-electron chi connectivity index (χ1n) is 6.08. The van der Waals surface area contributed by atoms with Gasteiger partial charge in [-0.1, -0.05) is 12.1 Å². The minimum Gasteiger partial charge on any atom is -0.478 e. The highest BCUT2D eigenvalue weighted by Crippen LogP contribution is 2.31. The van der Waals surface area contributed by atoms with Gasteiger partial charge in [0.05, 0.1) is 5.56 Å². The molecule has 0 radical (unpaired) electrons. The molecular formula is C16H11FO3.